The zero-order valence-corrected chi connectivity index (χ0v) is 17.7. The number of rotatable bonds is 8. The first-order valence-electron chi connectivity index (χ1n) is 9.05. The van der Waals surface area contributed by atoms with Crippen LogP contribution in [0, 0.1) is 5.92 Å². The summed E-state index contributed by atoms with van der Waals surface area (Å²) in [4.78, 5) is 26.1. The first-order valence-corrected chi connectivity index (χ1v) is 9.81. The molecule has 0 saturated heterocycles. The van der Waals surface area contributed by atoms with Crippen LogP contribution < -0.4 is 10.6 Å². The summed E-state index contributed by atoms with van der Waals surface area (Å²) in [6.07, 6.45) is 0. The van der Waals surface area contributed by atoms with Crippen molar-refractivity contribution >= 4 is 40.7 Å². The predicted octanol–water partition coefficient (Wildman–Crippen LogP) is 4.38. The Morgan fingerprint density at radius 1 is 1.00 bits per heavy atom. The number of para-hydroxylation sites is 1. The molecule has 28 heavy (non-hydrogen) atoms. The minimum Gasteiger partial charge on any atom is -0.335 e. The van der Waals surface area contributed by atoms with Crippen LogP contribution in [0.5, 0.6) is 0 Å². The molecule has 2 aromatic carbocycles. The molecule has 0 aromatic heterocycles. The Bertz CT molecular complexity index is 792. The van der Waals surface area contributed by atoms with Crippen molar-refractivity contribution in [2.45, 2.75) is 19.9 Å². The summed E-state index contributed by atoms with van der Waals surface area (Å²) in [7, 11) is 1.59. The second-order valence-electron chi connectivity index (χ2n) is 6.91. The van der Waals surface area contributed by atoms with Crippen LogP contribution in [0.1, 0.15) is 25.5 Å². The molecule has 0 spiro atoms. The summed E-state index contributed by atoms with van der Waals surface area (Å²) in [6.45, 7) is 4.23. The average molecular weight is 422 g/mol. The highest BCUT2D eigenvalue weighted by atomic mass is 35.5. The first kappa shape index (κ1) is 22.2. The van der Waals surface area contributed by atoms with E-state index in [1.165, 1.54) is 4.90 Å². The van der Waals surface area contributed by atoms with Crippen molar-refractivity contribution in [3.8, 4) is 0 Å². The molecule has 2 amide bonds. The Hall–Kier alpha value is -2.08. The number of nitrogens with zero attached hydrogens (tertiary/aromatic N) is 1. The molecular weight excluding hydrogens is 397 g/mol. The molecule has 0 aliphatic heterocycles. The normalized spacial score (nSPS) is 11.9. The van der Waals surface area contributed by atoms with Crippen molar-refractivity contribution < 1.29 is 9.59 Å². The van der Waals surface area contributed by atoms with Crippen molar-refractivity contribution in [1.29, 1.82) is 0 Å². The maximum atomic E-state index is 12.5. The molecule has 2 N–H and O–H groups in total. The summed E-state index contributed by atoms with van der Waals surface area (Å²) < 4.78 is 0. The van der Waals surface area contributed by atoms with Crippen LogP contribution in [0.15, 0.2) is 48.5 Å². The van der Waals surface area contributed by atoms with Crippen molar-refractivity contribution in [2.24, 2.45) is 5.92 Å². The van der Waals surface area contributed by atoms with Gasteiger partial charge in [0, 0.05) is 13.1 Å². The van der Waals surface area contributed by atoms with Gasteiger partial charge in [0.2, 0.25) is 11.8 Å². The van der Waals surface area contributed by atoms with Gasteiger partial charge in [0.15, 0.2) is 0 Å². The zero-order valence-electron chi connectivity index (χ0n) is 16.2. The maximum absolute atomic E-state index is 12.5. The molecule has 0 unspecified atom stereocenters. The SMILES string of the molecule is CC(C)[C@H](NCC(=O)N(C)CC(=O)Nc1c(Cl)cccc1Cl)c1ccccc1. The van der Waals surface area contributed by atoms with E-state index < -0.39 is 0 Å². The van der Waals surface area contributed by atoms with Gasteiger partial charge in [-0.05, 0) is 23.6 Å². The molecular formula is C21H25Cl2N3O2. The second kappa shape index (κ2) is 10.5. The Kier molecular flexibility index (Phi) is 8.30. The van der Waals surface area contributed by atoms with E-state index >= 15 is 0 Å². The van der Waals surface area contributed by atoms with Crippen molar-refractivity contribution in [2.75, 3.05) is 25.5 Å². The van der Waals surface area contributed by atoms with E-state index in [0.717, 1.165) is 5.56 Å². The van der Waals surface area contributed by atoms with Crippen LogP contribution in [0.2, 0.25) is 10.0 Å². The Morgan fingerprint density at radius 2 is 1.61 bits per heavy atom. The maximum Gasteiger partial charge on any atom is 0.244 e. The molecule has 7 heteroatoms. The highest BCUT2D eigenvalue weighted by Crippen LogP contribution is 2.29. The molecule has 0 aliphatic rings. The Morgan fingerprint density at radius 3 is 2.18 bits per heavy atom. The van der Waals surface area contributed by atoms with E-state index in [0.29, 0.717) is 21.7 Å². The van der Waals surface area contributed by atoms with Crippen molar-refractivity contribution in [3.63, 3.8) is 0 Å². The number of carbonyl (C=O) groups is 2. The van der Waals surface area contributed by atoms with Gasteiger partial charge in [0.1, 0.15) is 0 Å². The monoisotopic (exact) mass is 421 g/mol. The number of likely N-dealkylation sites (N-methyl/N-ethyl adjacent to an activating group) is 1. The van der Waals surface area contributed by atoms with Gasteiger partial charge in [-0.1, -0.05) is 73.4 Å². The number of benzene rings is 2. The second-order valence-corrected chi connectivity index (χ2v) is 7.72. The van der Waals surface area contributed by atoms with Crippen LogP contribution in [0.4, 0.5) is 5.69 Å². The highest BCUT2D eigenvalue weighted by Gasteiger charge is 2.19. The van der Waals surface area contributed by atoms with Gasteiger partial charge in [-0.3, -0.25) is 9.59 Å². The quantitative estimate of drug-likeness (QED) is 0.664. The molecule has 0 fully saturated rings. The van der Waals surface area contributed by atoms with Crippen LogP contribution in [-0.2, 0) is 9.59 Å². The van der Waals surface area contributed by atoms with E-state index in [2.05, 4.69) is 24.5 Å². The summed E-state index contributed by atoms with van der Waals surface area (Å²) in [5, 5.41) is 6.64. The Labute approximate surface area is 176 Å². The van der Waals surface area contributed by atoms with Crippen LogP contribution in [0.25, 0.3) is 0 Å². The fourth-order valence-corrected chi connectivity index (χ4v) is 3.32. The minimum absolute atomic E-state index is 0.0503. The molecule has 2 rings (SSSR count). The standard InChI is InChI=1S/C21H25Cl2N3O2/c1-14(2)20(15-8-5-4-6-9-15)24-12-19(28)26(3)13-18(27)25-21-16(22)10-7-11-17(21)23/h4-11,14,20,24H,12-13H2,1-3H3,(H,25,27)/t20-/m0/s1. The molecule has 0 aliphatic carbocycles. The summed E-state index contributed by atoms with van der Waals surface area (Å²) >= 11 is 12.1. The summed E-state index contributed by atoms with van der Waals surface area (Å²) in [5.74, 6) is -0.234. The minimum atomic E-state index is -0.366. The number of amides is 2. The number of halogens is 2. The molecule has 1 atom stereocenters. The topological polar surface area (TPSA) is 61.4 Å². The van der Waals surface area contributed by atoms with Gasteiger partial charge in [-0.25, -0.2) is 0 Å². The van der Waals surface area contributed by atoms with Crippen LogP contribution in [-0.4, -0.2) is 36.9 Å². The van der Waals surface area contributed by atoms with E-state index in [1.54, 1.807) is 25.2 Å². The Balaban J connectivity index is 1.90. The lowest BCUT2D eigenvalue weighted by Crippen LogP contribution is -2.41. The van der Waals surface area contributed by atoms with Crippen molar-refractivity contribution in [1.82, 2.24) is 10.2 Å². The van der Waals surface area contributed by atoms with Gasteiger partial charge >= 0.3 is 0 Å². The lowest BCUT2D eigenvalue weighted by Gasteiger charge is -2.24. The van der Waals surface area contributed by atoms with E-state index in [4.69, 9.17) is 23.2 Å². The van der Waals surface area contributed by atoms with Gasteiger partial charge < -0.3 is 15.5 Å². The summed E-state index contributed by atoms with van der Waals surface area (Å²) in [5.41, 5.74) is 1.47. The third kappa shape index (κ3) is 6.23. The van der Waals surface area contributed by atoms with Gasteiger partial charge in [0.25, 0.3) is 0 Å². The molecule has 0 radical (unpaired) electrons. The molecule has 0 bridgehead atoms. The largest absolute Gasteiger partial charge is 0.335 e. The molecule has 2 aromatic rings. The zero-order chi connectivity index (χ0) is 20.7. The number of nitrogens with one attached hydrogen (secondary N) is 2. The smallest absolute Gasteiger partial charge is 0.244 e. The number of anilines is 1. The predicted molar refractivity (Wildman–Crippen MR) is 115 cm³/mol. The lowest BCUT2D eigenvalue weighted by molar-refractivity contribution is -0.132. The number of hydrogen-bond donors (Lipinski definition) is 2. The number of carbonyl (C=O) groups excluding carboxylic acids is 2. The van der Waals surface area contributed by atoms with E-state index in [-0.39, 0.29) is 30.9 Å². The third-order valence-electron chi connectivity index (χ3n) is 4.33. The summed E-state index contributed by atoms with van der Waals surface area (Å²) in [6, 6.07) is 15.0. The first-order chi connectivity index (χ1) is 13.3. The molecule has 150 valence electrons. The van der Waals surface area contributed by atoms with Crippen LogP contribution in [0.3, 0.4) is 0 Å². The van der Waals surface area contributed by atoms with Gasteiger partial charge in [-0.2, -0.15) is 0 Å². The van der Waals surface area contributed by atoms with Gasteiger partial charge in [0.05, 0.1) is 28.8 Å². The molecule has 0 saturated carbocycles. The molecule has 0 heterocycles. The highest BCUT2D eigenvalue weighted by molar-refractivity contribution is 6.39. The van der Waals surface area contributed by atoms with E-state index in [9.17, 15) is 9.59 Å². The van der Waals surface area contributed by atoms with E-state index in [1.807, 2.05) is 30.3 Å². The van der Waals surface area contributed by atoms with Gasteiger partial charge in [-0.15, -0.1) is 0 Å². The average Bonchev–Trinajstić information content (AvgIpc) is 2.65. The fourth-order valence-electron chi connectivity index (χ4n) is 2.83. The number of hydrogen-bond acceptors (Lipinski definition) is 3. The van der Waals surface area contributed by atoms with Crippen molar-refractivity contribution in [3.05, 3.63) is 64.1 Å². The lowest BCUT2D eigenvalue weighted by atomic mass is 9.96. The van der Waals surface area contributed by atoms with Crippen LogP contribution >= 0.6 is 23.2 Å². The fraction of sp³-hybridized carbons (Fsp3) is 0.333. The molecule has 5 nitrogen and oxygen atoms in total. The third-order valence-corrected chi connectivity index (χ3v) is 4.96.